The van der Waals surface area contributed by atoms with Crippen LogP contribution in [0.15, 0.2) is 48.5 Å². The Morgan fingerprint density at radius 3 is 2.43 bits per heavy atom. The monoisotopic (exact) mass is 310 g/mol. The fourth-order valence-electron chi connectivity index (χ4n) is 3.29. The number of hydrogen-bond donors (Lipinski definition) is 0. The molecule has 3 heteroatoms. The molecule has 0 radical (unpaired) electrons. The number of nitrogens with zero attached hydrogens (tertiary/aromatic N) is 2. The van der Waals surface area contributed by atoms with E-state index in [0.29, 0.717) is 0 Å². The molecule has 1 aliphatic heterocycles. The van der Waals surface area contributed by atoms with Crippen LogP contribution in [0.4, 0.5) is 0 Å². The third-order valence-corrected chi connectivity index (χ3v) is 4.48. The van der Waals surface area contributed by atoms with Crippen LogP contribution in [0.3, 0.4) is 0 Å². The van der Waals surface area contributed by atoms with Gasteiger partial charge in [-0.1, -0.05) is 43.3 Å². The van der Waals surface area contributed by atoms with Gasteiger partial charge in [-0.05, 0) is 41.8 Å². The van der Waals surface area contributed by atoms with Crippen molar-refractivity contribution in [3.8, 4) is 16.9 Å². The average molecular weight is 310 g/mol. The van der Waals surface area contributed by atoms with E-state index in [-0.39, 0.29) is 0 Å². The summed E-state index contributed by atoms with van der Waals surface area (Å²) >= 11 is 0. The van der Waals surface area contributed by atoms with Crippen molar-refractivity contribution in [2.24, 2.45) is 0 Å². The molecule has 0 unspecified atom stereocenters. The minimum absolute atomic E-state index is 0.904. The van der Waals surface area contributed by atoms with Gasteiger partial charge in [0.2, 0.25) is 0 Å². The summed E-state index contributed by atoms with van der Waals surface area (Å²) in [6.45, 7) is 7.92. The summed E-state index contributed by atoms with van der Waals surface area (Å²) < 4.78 is 5.26. The van der Waals surface area contributed by atoms with E-state index < -0.39 is 0 Å². The lowest BCUT2D eigenvalue weighted by Crippen LogP contribution is -2.25. The Kier molecular flexibility index (Phi) is 5.31. The van der Waals surface area contributed by atoms with Crippen molar-refractivity contribution in [3.63, 3.8) is 0 Å². The molecule has 0 atom stereocenters. The van der Waals surface area contributed by atoms with Gasteiger partial charge in [0, 0.05) is 19.6 Å². The molecule has 1 heterocycles. The molecule has 23 heavy (non-hydrogen) atoms. The first kappa shape index (κ1) is 16.0. The first-order chi connectivity index (χ1) is 11.3. The molecule has 3 nitrogen and oxygen atoms in total. The van der Waals surface area contributed by atoms with Gasteiger partial charge in [-0.2, -0.15) is 0 Å². The number of rotatable bonds is 6. The minimum atomic E-state index is 0.904. The third kappa shape index (κ3) is 3.92. The highest BCUT2D eigenvalue weighted by Gasteiger charge is 2.19. The first-order valence-electron chi connectivity index (χ1n) is 8.47. The zero-order valence-corrected chi connectivity index (χ0v) is 14.2. The summed E-state index contributed by atoms with van der Waals surface area (Å²) in [6.07, 6.45) is 1.23. The van der Waals surface area contributed by atoms with Gasteiger partial charge < -0.3 is 4.74 Å². The molecule has 0 bridgehead atoms. The second-order valence-electron chi connectivity index (χ2n) is 6.20. The number of benzene rings is 2. The molecule has 0 aromatic heterocycles. The summed E-state index contributed by atoms with van der Waals surface area (Å²) in [4.78, 5) is 5.08. The molecule has 0 N–H and O–H groups in total. The number of methoxy groups -OCH3 is 1. The lowest BCUT2D eigenvalue weighted by molar-refractivity contribution is 0.241. The van der Waals surface area contributed by atoms with E-state index >= 15 is 0 Å². The van der Waals surface area contributed by atoms with Gasteiger partial charge in [-0.25, -0.2) is 0 Å². The maximum Gasteiger partial charge on any atom is 0.118 e. The zero-order chi connectivity index (χ0) is 16.1. The van der Waals surface area contributed by atoms with Gasteiger partial charge in [0.25, 0.3) is 0 Å². The molecule has 2 aromatic rings. The quantitative estimate of drug-likeness (QED) is 0.806. The van der Waals surface area contributed by atoms with Crippen LogP contribution in [0.2, 0.25) is 0 Å². The Labute approximate surface area is 139 Å². The van der Waals surface area contributed by atoms with E-state index in [1.54, 1.807) is 7.11 Å². The lowest BCUT2D eigenvalue weighted by atomic mass is 9.99. The van der Waals surface area contributed by atoms with E-state index in [1.807, 2.05) is 12.1 Å². The third-order valence-electron chi connectivity index (χ3n) is 4.48. The van der Waals surface area contributed by atoms with Crippen LogP contribution in [-0.2, 0) is 6.54 Å². The SMILES string of the molecule is CCCN1CCN(Cc2ccccc2-c2ccc(OC)cc2)C1. The minimum Gasteiger partial charge on any atom is -0.497 e. The van der Waals surface area contributed by atoms with Gasteiger partial charge in [0.05, 0.1) is 13.8 Å². The topological polar surface area (TPSA) is 15.7 Å². The van der Waals surface area contributed by atoms with Crippen molar-refractivity contribution < 1.29 is 4.74 Å². The van der Waals surface area contributed by atoms with E-state index in [4.69, 9.17) is 4.74 Å². The number of hydrogen-bond acceptors (Lipinski definition) is 3. The number of ether oxygens (including phenoxy) is 1. The molecule has 0 amide bonds. The molecule has 122 valence electrons. The molecule has 0 aliphatic carbocycles. The van der Waals surface area contributed by atoms with Gasteiger partial charge >= 0.3 is 0 Å². The summed E-state index contributed by atoms with van der Waals surface area (Å²) in [7, 11) is 1.71. The van der Waals surface area contributed by atoms with Crippen molar-refractivity contribution in [1.82, 2.24) is 9.80 Å². The second kappa shape index (κ2) is 7.62. The highest BCUT2D eigenvalue weighted by atomic mass is 16.5. The maximum atomic E-state index is 5.26. The molecule has 3 rings (SSSR count). The van der Waals surface area contributed by atoms with Crippen LogP contribution in [0.5, 0.6) is 5.75 Å². The molecule has 0 spiro atoms. The van der Waals surface area contributed by atoms with Crippen molar-refractivity contribution in [1.29, 1.82) is 0 Å². The smallest absolute Gasteiger partial charge is 0.118 e. The van der Waals surface area contributed by atoms with Crippen molar-refractivity contribution in [3.05, 3.63) is 54.1 Å². The Hall–Kier alpha value is -1.84. The molecular weight excluding hydrogens is 284 g/mol. The molecular formula is C20H26N2O. The van der Waals surface area contributed by atoms with Gasteiger partial charge in [-0.15, -0.1) is 0 Å². The summed E-state index contributed by atoms with van der Waals surface area (Å²) in [5.41, 5.74) is 3.98. The van der Waals surface area contributed by atoms with Crippen LogP contribution in [0.1, 0.15) is 18.9 Å². The summed E-state index contributed by atoms with van der Waals surface area (Å²) in [6, 6.07) is 17.1. The Balaban J connectivity index is 1.75. The highest BCUT2D eigenvalue weighted by Crippen LogP contribution is 2.27. The fraction of sp³-hybridized carbons (Fsp3) is 0.400. The van der Waals surface area contributed by atoms with Crippen molar-refractivity contribution in [2.45, 2.75) is 19.9 Å². The zero-order valence-electron chi connectivity index (χ0n) is 14.2. The van der Waals surface area contributed by atoms with Crippen molar-refractivity contribution in [2.75, 3.05) is 33.4 Å². The van der Waals surface area contributed by atoms with E-state index in [9.17, 15) is 0 Å². The summed E-state index contributed by atoms with van der Waals surface area (Å²) in [5.74, 6) is 0.904. The van der Waals surface area contributed by atoms with Crippen LogP contribution in [-0.4, -0.2) is 43.2 Å². The van der Waals surface area contributed by atoms with Gasteiger partial charge in [0.15, 0.2) is 0 Å². The Morgan fingerprint density at radius 1 is 0.957 bits per heavy atom. The van der Waals surface area contributed by atoms with E-state index in [1.165, 1.54) is 36.2 Å². The summed E-state index contributed by atoms with van der Waals surface area (Å²) in [5, 5.41) is 0. The van der Waals surface area contributed by atoms with E-state index in [2.05, 4.69) is 53.1 Å². The maximum absolute atomic E-state index is 5.26. The molecule has 2 aromatic carbocycles. The van der Waals surface area contributed by atoms with Gasteiger partial charge in [-0.3, -0.25) is 9.80 Å². The Bertz CT molecular complexity index is 624. The van der Waals surface area contributed by atoms with Gasteiger partial charge in [0.1, 0.15) is 5.75 Å². The van der Waals surface area contributed by atoms with Crippen LogP contribution < -0.4 is 4.74 Å². The first-order valence-corrected chi connectivity index (χ1v) is 8.47. The average Bonchev–Trinajstić information content (AvgIpc) is 3.03. The second-order valence-corrected chi connectivity index (χ2v) is 6.20. The highest BCUT2D eigenvalue weighted by molar-refractivity contribution is 5.67. The normalized spacial score (nSPS) is 15.9. The van der Waals surface area contributed by atoms with E-state index in [0.717, 1.165) is 25.5 Å². The molecule has 1 aliphatic rings. The predicted molar refractivity (Wildman–Crippen MR) is 95.6 cm³/mol. The Morgan fingerprint density at radius 2 is 1.70 bits per heavy atom. The largest absolute Gasteiger partial charge is 0.497 e. The molecule has 1 fully saturated rings. The predicted octanol–water partition coefficient (Wildman–Crippen LogP) is 3.85. The van der Waals surface area contributed by atoms with Crippen LogP contribution in [0.25, 0.3) is 11.1 Å². The lowest BCUT2D eigenvalue weighted by Gasteiger charge is -2.19. The van der Waals surface area contributed by atoms with Crippen molar-refractivity contribution >= 4 is 0 Å². The molecule has 1 saturated heterocycles. The van der Waals surface area contributed by atoms with Crippen LogP contribution >= 0.6 is 0 Å². The fourth-order valence-corrected chi connectivity index (χ4v) is 3.29. The van der Waals surface area contributed by atoms with Crippen LogP contribution in [0, 0.1) is 0 Å². The standard InChI is InChI=1S/C20H26N2O/c1-3-12-21-13-14-22(16-21)15-18-6-4-5-7-20(18)17-8-10-19(23-2)11-9-17/h4-11H,3,12-16H2,1-2H3. The molecule has 0 saturated carbocycles.